The fraction of sp³-hybridized carbons (Fsp3) is 0.714. The van der Waals surface area contributed by atoms with Crippen molar-refractivity contribution in [3.8, 4) is 0 Å². The Morgan fingerprint density at radius 1 is 1.11 bits per heavy atom. The topological polar surface area (TPSA) is 34.1 Å². The maximum Gasteiger partial charge on any atom is 0.226 e. The zero-order valence-electron chi connectivity index (χ0n) is 11.7. The minimum Gasteiger partial charge on any atom is -0.288 e. The Hall–Kier alpha value is -0.340. The van der Waals surface area contributed by atoms with E-state index in [0.29, 0.717) is 5.57 Å². The van der Waals surface area contributed by atoms with Crippen molar-refractivity contribution in [2.24, 2.45) is 10.8 Å². The van der Waals surface area contributed by atoms with Gasteiger partial charge in [0.1, 0.15) is 4.87 Å². The van der Waals surface area contributed by atoms with Gasteiger partial charge in [0.05, 0.1) is 5.38 Å². The van der Waals surface area contributed by atoms with Crippen molar-refractivity contribution in [2.75, 3.05) is 0 Å². The normalized spacial score (nSPS) is 30.4. The van der Waals surface area contributed by atoms with Gasteiger partial charge in [-0.3, -0.25) is 9.59 Å². The Balaban J connectivity index is 3.42. The van der Waals surface area contributed by atoms with Gasteiger partial charge in [-0.25, -0.2) is 0 Å². The van der Waals surface area contributed by atoms with Crippen molar-refractivity contribution in [1.82, 2.24) is 0 Å². The summed E-state index contributed by atoms with van der Waals surface area (Å²) in [7, 11) is 0. The molecule has 0 aromatic rings. The first-order chi connectivity index (χ1) is 7.83. The van der Waals surface area contributed by atoms with E-state index in [1.165, 1.54) is 0 Å². The van der Waals surface area contributed by atoms with Crippen LogP contribution in [-0.4, -0.2) is 21.8 Å². The molecule has 0 saturated heterocycles. The fourth-order valence-corrected chi connectivity index (χ4v) is 2.80. The maximum absolute atomic E-state index is 12.4. The molecular formula is C14H20Cl2O2. The molecule has 0 aliphatic heterocycles. The van der Waals surface area contributed by atoms with Crippen LogP contribution >= 0.6 is 23.2 Å². The molecule has 18 heavy (non-hydrogen) atoms. The standard InChI is InChI=1S/C14H20Cl2O2/c1-12(2,3)8-7-9(15)14(16,13(4,5)6)11(18)10(8)17/h7,9H,1-6H3. The molecule has 102 valence electrons. The van der Waals surface area contributed by atoms with E-state index in [0.717, 1.165) is 0 Å². The van der Waals surface area contributed by atoms with Crippen LogP contribution in [0.15, 0.2) is 11.6 Å². The van der Waals surface area contributed by atoms with Crippen LogP contribution in [0, 0.1) is 10.8 Å². The molecule has 1 aliphatic carbocycles. The summed E-state index contributed by atoms with van der Waals surface area (Å²) in [5.41, 5.74) is -0.545. The molecule has 4 heteroatoms. The summed E-state index contributed by atoms with van der Waals surface area (Å²) >= 11 is 12.7. The van der Waals surface area contributed by atoms with E-state index in [1.54, 1.807) is 6.08 Å². The minimum atomic E-state index is -1.37. The van der Waals surface area contributed by atoms with Crippen LogP contribution < -0.4 is 0 Å². The second-order valence-corrected chi connectivity index (χ2v) is 7.92. The van der Waals surface area contributed by atoms with Crippen LogP contribution in [0.4, 0.5) is 0 Å². The lowest BCUT2D eigenvalue weighted by Crippen LogP contribution is -2.57. The highest BCUT2D eigenvalue weighted by atomic mass is 35.5. The number of allylic oxidation sites excluding steroid dienone is 2. The molecule has 0 aromatic heterocycles. The molecule has 0 amide bonds. The first-order valence-electron chi connectivity index (χ1n) is 5.98. The molecule has 0 N–H and O–H groups in total. The third-order valence-corrected chi connectivity index (χ3v) is 4.91. The number of carbonyl (C=O) groups excluding carboxylic acids is 2. The molecule has 0 aromatic carbocycles. The van der Waals surface area contributed by atoms with Crippen LogP contribution in [0.25, 0.3) is 0 Å². The van der Waals surface area contributed by atoms with Gasteiger partial charge in [-0.15, -0.1) is 23.2 Å². The van der Waals surface area contributed by atoms with Crippen LogP contribution in [0.3, 0.4) is 0 Å². The summed E-state index contributed by atoms with van der Waals surface area (Å²) < 4.78 is 0. The number of rotatable bonds is 0. The van der Waals surface area contributed by atoms with Crippen molar-refractivity contribution in [3.05, 3.63) is 11.6 Å². The molecule has 2 unspecified atom stereocenters. The SMILES string of the molecule is CC(C)(C)C1=CC(Cl)C(Cl)(C(C)(C)C)C(=O)C1=O. The predicted octanol–water partition coefficient (Wildman–Crippen LogP) is 3.74. The summed E-state index contributed by atoms with van der Waals surface area (Å²) in [5, 5.41) is -0.682. The fourth-order valence-electron chi connectivity index (χ4n) is 2.09. The highest BCUT2D eigenvalue weighted by Crippen LogP contribution is 2.47. The van der Waals surface area contributed by atoms with Crippen molar-refractivity contribution < 1.29 is 9.59 Å². The average molecular weight is 291 g/mol. The van der Waals surface area contributed by atoms with E-state index < -0.39 is 32.6 Å². The Morgan fingerprint density at radius 3 is 1.89 bits per heavy atom. The van der Waals surface area contributed by atoms with E-state index in [1.807, 2.05) is 41.5 Å². The van der Waals surface area contributed by atoms with E-state index >= 15 is 0 Å². The number of hydrogen-bond donors (Lipinski definition) is 0. The lowest BCUT2D eigenvalue weighted by Gasteiger charge is -2.43. The summed E-state index contributed by atoms with van der Waals surface area (Å²) in [5.74, 6) is -1.10. The van der Waals surface area contributed by atoms with Gasteiger partial charge in [0, 0.05) is 5.57 Å². The van der Waals surface area contributed by atoms with Crippen molar-refractivity contribution in [1.29, 1.82) is 0 Å². The summed E-state index contributed by atoms with van der Waals surface area (Å²) in [6.07, 6.45) is 1.64. The highest BCUT2D eigenvalue weighted by molar-refractivity contribution is 6.60. The molecule has 0 heterocycles. The second kappa shape index (κ2) is 4.35. The predicted molar refractivity (Wildman–Crippen MR) is 75.2 cm³/mol. The number of ketones is 2. The minimum absolute atomic E-state index is 0.407. The smallest absolute Gasteiger partial charge is 0.226 e. The van der Waals surface area contributed by atoms with Gasteiger partial charge in [-0.05, 0) is 10.8 Å². The van der Waals surface area contributed by atoms with Gasteiger partial charge < -0.3 is 0 Å². The molecule has 1 aliphatic rings. The maximum atomic E-state index is 12.4. The van der Waals surface area contributed by atoms with E-state index in [-0.39, 0.29) is 0 Å². The van der Waals surface area contributed by atoms with E-state index in [4.69, 9.17) is 23.2 Å². The Labute approximate surface area is 119 Å². The second-order valence-electron chi connectivity index (χ2n) is 6.85. The molecule has 1 rings (SSSR count). The van der Waals surface area contributed by atoms with Gasteiger partial charge in [0.25, 0.3) is 0 Å². The number of alkyl halides is 2. The lowest BCUT2D eigenvalue weighted by atomic mass is 9.67. The number of halogens is 2. The Kier molecular flexibility index (Phi) is 3.79. The molecule has 2 nitrogen and oxygen atoms in total. The van der Waals surface area contributed by atoms with Crippen molar-refractivity contribution in [2.45, 2.75) is 51.8 Å². The number of hydrogen-bond acceptors (Lipinski definition) is 2. The molecule has 2 atom stereocenters. The Morgan fingerprint density at radius 2 is 1.56 bits per heavy atom. The first-order valence-corrected chi connectivity index (χ1v) is 6.79. The van der Waals surface area contributed by atoms with Crippen molar-refractivity contribution in [3.63, 3.8) is 0 Å². The van der Waals surface area contributed by atoms with Gasteiger partial charge in [-0.2, -0.15) is 0 Å². The zero-order valence-corrected chi connectivity index (χ0v) is 13.2. The molecule has 0 saturated carbocycles. The third kappa shape index (κ3) is 2.25. The molecule has 0 fully saturated rings. The van der Waals surface area contributed by atoms with Crippen molar-refractivity contribution >= 4 is 34.8 Å². The number of Topliss-reactive ketones (excluding diaryl/α,β-unsaturated/α-hetero) is 2. The van der Waals surface area contributed by atoms with Gasteiger partial charge in [0.15, 0.2) is 0 Å². The van der Waals surface area contributed by atoms with Crippen LogP contribution in [0.1, 0.15) is 41.5 Å². The van der Waals surface area contributed by atoms with Gasteiger partial charge in [-0.1, -0.05) is 47.6 Å². The van der Waals surface area contributed by atoms with E-state index in [9.17, 15) is 9.59 Å². The van der Waals surface area contributed by atoms with Crippen LogP contribution in [0.2, 0.25) is 0 Å². The van der Waals surface area contributed by atoms with Crippen LogP contribution in [-0.2, 0) is 9.59 Å². The monoisotopic (exact) mass is 290 g/mol. The summed E-state index contributed by atoms with van der Waals surface area (Å²) in [6, 6.07) is 0. The average Bonchev–Trinajstić information content (AvgIpc) is 2.16. The molecule has 0 radical (unpaired) electrons. The quantitative estimate of drug-likeness (QED) is 0.503. The van der Waals surface area contributed by atoms with Gasteiger partial charge in [0.2, 0.25) is 11.6 Å². The summed E-state index contributed by atoms with van der Waals surface area (Å²) in [4.78, 5) is 23.2. The lowest BCUT2D eigenvalue weighted by molar-refractivity contribution is -0.138. The zero-order chi connectivity index (χ0) is 14.5. The largest absolute Gasteiger partial charge is 0.288 e. The first kappa shape index (κ1) is 15.7. The molecular weight excluding hydrogens is 271 g/mol. The summed E-state index contributed by atoms with van der Waals surface area (Å²) in [6.45, 7) is 11.1. The third-order valence-electron chi connectivity index (χ3n) is 3.37. The molecule has 0 spiro atoms. The van der Waals surface area contributed by atoms with Crippen LogP contribution in [0.5, 0.6) is 0 Å². The molecule has 0 bridgehead atoms. The number of carbonyl (C=O) groups is 2. The van der Waals surface area contributed by atoms with E-state index in [2.05, 4.69) is 0 Å². The van der Waals surface area contributed by atoms with Gasteiger partial charge >= 0.3 is 0 Å². The Bertz CT molecular complexity index is 424. The highest BCUT2D eigenvalue weighted by Gasteiger charge is 2.57.